The van der Waals surface area contributed by atoms with Crippen molar-refractivity contribution in [3.05, 3.63) is 47.5 Å². The van der Waals surface area contributed by atoms with Crippen LogP contribution in [0.1, 0.15) is 29.8 Å². The molecule has 1 aliphatic heterocycles. The lowest BCUT2D eigenvalue weighted by Gasteiger charge is -2.26. The van der Waals surface area contributed by atoms with Gasteiger partial charge in [-0.05, 0) is 50.6 Å². The Kier molecular flexibility index (Phi) is 5.79. The third kappa shape index (κ3) is 3.64. The second kappa shape index (κ2) is 8.10. The minimum Gasteiger partial charge on any atom is -0.486 e. The van der Waals surface area contributed by atoms with Gasteiger partial charge >= 0.3 is 5.97 Å². The van der Waals surface area contributed by atoms with E-state index in [-0.39, 0.29) is 18.0 Å². The van der Waals surface area contributed by atoms with E-state index in [0.29, 0.717) is 41.5 Å². The fourth-order valence-electron chi connectivity index (χ4n) is 3.10. The van der Waals surface area contributed by atoms with Crippen molar-refractivity contribution in [3.8, 4) is 11.5 Å². The van der Waals surface area contributed by atoms with Crippen molar-refractivity contribution in [2.45, 2.75) is 25.7 Å². The summed E-state index contributed by atoms with van der Waals surface area (Å²) in [4.78, 5) is 12.3. The van der Waals surface area contributed by atoms with Gasteiger partial charge in [0.15, 0.2) is 11.5 Å². The zero-order chi connectivity index (χ0) is 20.3. The van der Waals surface area contributed by atoms with Crippen LogP contribution in [0.5, 0.6) is 11.5 Å². The molecular formula is C20H23NO6S. The Morgan fingerprint density at radius 2 is 1.82 bits per heavy atom. The Morgan fingerprint density at radius 3 is 2.50 bits per heavy atom. The summed E-state index contributed by atoms with van der Waals surface area (Å²) >= 11 is 0. The predicted octanol–water partition coefficient (Wildman–Crippen LogP) is 3.16. The molecule has 0 N–H and O–H groups in total. The zero-order valence-corrected chi connectivity index (χ0v) is 16.9. The molecule has 0 unspecified atom stereocenters. The van der Waals surface area contributed by atoms with Gasteiger partial charge < -0.3 is 14.2 Å². The van der Waals surface area contributed by atoms with Gasteiger partial charge in [0, 0.05) is 12.6 Å². The third-order valence-electron chi connectivity index (χ3n) is 4.46. The van der Waals surface area contributed by atoms with Crippen LogP contribution in [0.25, 0.3) is 0 Å². The molecule has 2 aromatic rings. The van der Waals surface area contributed by atoms with E-state index in [1.807, 2.05) is 0 Å². The lowest BCUT2D eigenvalue weighted by Crippen LogP contribution is -2.32. The van der Waals surface area contributed by atoms with Crippen LogP contribution in [-0.2, 0) is 14.8 Å². The molecule has 0 saturated heterocycles. The fraction of sp³-hybridized carbons (Fsp3) is 0.350. The van der Waals surface area contributed by atoms with Crippen LogP contribution < -0.4 is 13.8 Å². The Balaban J connectivity index is 2.03. The topological polar surface area (TPSA) is 82.1 Å². The largest absolute Gasteiger partial charge is 0.486 e. The number of sulfonamides is 1. The summed E-state index contributed by atoms with van der Waals surface area (Å²) in [6, 6.07) is 9.51. The number of nitrogens with zero attached hydrogens (tertiary/aromatic N) is 1. The van der Waals surface area contributed by atoms with Crippen molar-refractivity contribution in [3.63, 3.8) is 0 Å². The maximum atomic E-state index is 13.3. The SMILES string of the molecule is CCOC(=O)c1cccc(N(CC)S(=O)(=O)c2ccc3c(c2)OCCO3)c1C. The second-order valence-electron chi connectivity index (χ2n) is 6.15. The van der Waals surface area contributed by atoms with Crippen LogP contribution in [0, 0.1) is 6.92 Å². The first-order valence-corrected chi connectivity index (χ1v) is 10.5. The first-order chi connectivity index (χ1) is 13.4. The molecule has 1 aliphatic rings. The standard InChI is InChI=1S/C20H23NO6S/c1-4-21(17-8-6-7-16(14(17)3)20(22)25-5-2)28(23,24)15-9-10-18-19(13-15)27-12-11-26-18/h6-10,13H,4-5,11-12H2,1-3H3. The van der Waals surface area contributed by atoms with Crippen molar-refractivity contribution in [1.29, 1.82) is 0 Å². The molecule has 0 saturated carbocycles. The van der Waals surface area contributed by atoms with Crippen molar-refractivity contribution in [2.24, 2.45) is 0 Å². The van der Waals surface area contributed by atoms with Crippen LogP contribution >= 0.6 is 0 Å². The number of benzene rings is 2. The maximum Gasteiger partial charge on any atom is 0.338 e. The van der Waals surface area contributed by atoms with Crippen molar-refractivity contribution in [2.75, 3.05) is 30.7 Å². The van der Waals surface area contributed by atoms with Gasteiger partial charge in [-0.3, -0.25) is 4.31 Å². The Bertz CT molecular complexity index is 986. The van der Waals surface area contributed by atoms with Crippen LogP contribution in [0.3, 0.4) is 0 Å². The van der Waals surface area contributed by atoms with E-state index >= 15 is 0 Å². The van der Waals surface area contributed by atoms with Crippen LogP contribution in [0.15, 0.2) is 41.3 Å². The van der Waals surface area contributed by atoms with E-state index in [4.69, 9.17) is 14.2 Å². The first kappa shape index (κ1) is 20.0. The summed E-state index contributed by atoms with van der Waals surface area (Å²) in [6.45, 7) is 6.42. The Labute approximate surface area is 164 Å². The van der Waals surface area contributed by atoms with Crippen LogP contribution in [0.2, 0.25) is 0 Å². The second-order valence-corrected chi connectivity index (χ2v) is 8.01. The molecule has 3 rings (SSSR count). The highest BCUT2D eigenvalue weighted by molar-refractivity contribution is 7.92. The number of esters is 1. The van der Waals surface area contributed by atoms with Crippen LogP contribution in [0.4, 0.5) is 5.69 Å². The molecule has 1 heterocycles. The monoisotopic (exact) mass is 405 g/mol. The van der Waals surface area contributed by atoms with Crippen molar-refractivity contribution >= 4 is 21.7 Å². The number of rotatable bonds is 6. The molecule has 0 amide bonds. The highest BCUT2D eigenvalue weighted by Crippen LogP contribution is 2.35. The molecule has 0 atom stereocenters. The van der Waals surface area contributed by atoms with Gasteiger partial charge in [0.05, 0.1) is 22.8 Å². The Morgan fingerprint density at radius 1 is 1.11 bits per heavy atom. The summed E-state index contributed by atoms with van der Waals surface area (Å²) in [6.07, 6.45) is 0. The van der Waals surface area contributed by atoms with E-state index in [9.17, 15) is 13.2 Å². The zero-order valence-electron chi connectivity index (χ0n) is 16.1. The van der Waals surface area contributed by atoms with Crippen molar-refractivity contribution < 1.29 is 27.4 Å². The van der Waals surface area contributed by atoms with Crippen LogP contribution in [-0.4, -0.2) is 40.8 Å². The number of hydrogen-bond donors (Lipinski definition) is 0. The first-order valence-electron chi connectivity index (χ1n) is 9.09. The molecule has 0 aliphatic carbocycles. The molecule has 0 radical (unpaired) electrons. The number of carbonyl (C=O) groups excluding carboxylic acids is 1. The van der Waals surface area contributed by atoms with Gasteiger partial charge in [0.2, 0.25) is 0 Å². The summed E-state index contributed by atoms with van der Waals surface area (Å²) < 4.78 is 44.0. The molecule has 2 aromatic carbocycles. The molecule has 0 spiro atoms. The van der Waals surface area contributed by atoms with E-state index in [1.54, 1.807) is 45.0 Å². The third-order valence-corrected chi connectivity index (χ3v) is 6.34. The summed E-state index contributed by atoms with van der Waals surface area (Å²) in [5.41, 5.74) is 1.32. The lowest BCUT2D eigenvalue weighted by atomic mass is 10.1. The predicted molar refractivity (Wildman–Crippen MR) is 105 cm³/mol. The van der Waals surface area contributed by atoms with Gasteiger partial charge in [0.25, 0.3) is 10.0 Å². The number of ether oxygens (including phenoxy) is 3. The number of anilines is 1. The molecule has 7 nitrogen and oxygen atoms in total. The number of fused-ring (bicyclic) bond motifs is 1. The van der Waals surface area contributed by atoms with E-state index in [1.165, 1.54) is 16.4 Å². The van der Waals surface area contributed by atoms with Gasteiger partial charge in [-0.1, -0.05) is 6.07 Å². The molecule has 150 valence electrons. The summed E-state index contributed by atoms with van der Waals surface area (Å²) in [5.74, 6) is 0.448. The molecule has 28 heavy (non-hydrogen) atoms. The maximum absolute atomic E-state index is 13.3. The molecule has 8 heteroatoms. The minimum atomic E-state index is -3.87. The highest BCUT2D eigenvalue weighted by Gasteiger charge is 2.28. The lowest BCUT2D eigenvalue weighted by molar-refractivity contribution is 0.0525. The Hall–Kier alpha value is -2.74. The number of carbonyl (C=O) groups is 1. The van der Waals surface area contributed by atoms with Gasteiger partial charge in [-0.2, -0.15) is 0 Å². The molecule has 0 fully saturated rings. The average Bonchev–Trinajstić information content (AvgIpc) is 2.69. The molecular weight excluding hydrogens is 382 g/mol. The van der Waals surface area contributed by atoms with Gasteiger partial charge in [-0.25, -0.2) is 13.2 Å². The minimum absolute atomic E-state index is 0.0968. The van der Waals surface area contributed by atoms with Gasteiger partial charge in [0.1, 0.15) is 13.2 Å². The van der Waals surface area contributed by atoms with E-state index in [0.717, 1.165) is 0 Å². The smallest absolute Gasteiger partial charge is 0.338 e. The molecule has 0 bridgehead atoms. The van der Waals surface area contributed by atoms with Crippen molar-refractivity contribution in [1.82, 2.24) is 0 Å². The molecule has 0 aromatic heterocycles. The normalized spacial score (nSPS) is 13.1. The van der Waals surface area contributed by atoms with Gasteiger partial charge in [-0.15, -0.1) is 0 Å². The quantitative estimate of drug-likeness (QED) is 0.687. The average molecular weight is 405 g/mol. The van der Waals surface area contributed by atoms with E-state index in [2.05, 4.69) is 0 Å². The summed E-state index contributed by atoms with van der Waals surface area (Å²) in [5, 5.41) is 0. The van der Waals surface area contributed by atoms with E-state index < -0.39 is 16.0 Å². The fourth-order valence-corrected chi connectivity index (χ4v) is 4.65. The highest BCUT2D eigenvalue weighted by atomic mass is 32.2. The number of hydrogen-bond acceptors (Lipinski definition) is 6. The summed E-state index contributed by atoms with van der Waals surface area (Å²) in [7, 11) is -3.87.